The molecule has 0 radical (unpaired) electrons. The summed E-state index contributed by atoms with van der Waals surface area (Å²) in [5, 5.41) is 17.6. The number of hydrogen-bond donors (Lipinski definition) is 2. The van der Waals surface area contributed by atoms with Crippen LogP contribution in [0.1, 0.15) is 45.6 Å². The Morgan fingerprint density at radius 1 is 1.23 bits per heavy atom. The minimum Gasteiger partial charge on any atom is -0.465 e. The molecule has 0 amide bonds. The third kappa shape index (κ3) is 5.55. The second kappa shape index (κ2) is 10.8. The molecule has 0 spiro atoms. The molecule has 1 aromatic carbocycles. The van der Waals surface area contributed by atoms with Crippen molar-refractivity contribution in [2.45, 2.75) is 50.5 Å². The number of aromatic amines is 1. The number of carbonyl (C=O) groups is 1. The zero-order valence-electron chi connectivity index (χ0n) is 22.0. The fraction of sp³-hybridized carbons (Fsp3) is 0.481. The Morgan fingerprint density at radius 3 is 2.64 bits per heavy atom. The molecule has 2 atom stereocenters. The second-order valence-electron chi connectivity index (χ2n) is 10.6. The SMILES string of the molecule is CC(C)COC(=O)C1CCN(S(=O)(=O)c2ccc(Nc3nn([C@@H](CC#N)C4CC4)c4cc[nH]c(=O)c34)cc2)C1. The molecule has 2 fully saturated rings. The van der Waals surface area contributed by atoms with E-state index in [-0.39, 0.29) is 41.5 Å². The van der Waals surface area contributed by atoms with Crippen LogP contribution in [0.4, 0.5) is 11.5 Å². The van der Waals surface area contributed by atoms with E-state index in [4.69, 9.17) is 4.74 Å². The molecule has 1 saturated heterocycles. The van der Waals surface area contributed by atoms with Gasteiger partial charge >= 0.3 is 5.97 Å². The number of esters is 1. The van der Waals surface area contributed by atoms with Gasteiger partial charge in [0.15, 0.2) is 5.82 Å². The number of ether oxygens (including phenoxy) is 1. The normalized spacial score (nSPS) is 18.8. The third-order valence-electron chi connectivity index (χ3n) is 7.21. The highest BCUT2D eigenvalue weighted by Crippen LogP contribution is 2.43. The summed E-state index contributed by atoms with van der Waals surface area (Å²) in [6.45, 7) is 4.55. The number of anilines is 2. The molecule has 1 aliphatic heterocycles. The second-order valence-corrected chi connectivity index (χ2v) is 12.6. The molecular formula is C27H32N6O5S. The van der Waals surface area contributed by atoms with Crippen LogP contribution in [-0.2, 0) is 19.6 Å². The van der Waals surface area contributed by atoms with Gasteiger partial charge in [-0.25, -0.2) is 8.42 Å². The number of sulfonamides is 1. The maximum absolute atomic E-state index is 13.2. The summed E-state index contributed by atoms with van der Waals surface area (Å²) in [5.74, 6) is 0.0762. The fourth-order valence-corrected chi connectivity index (χ4v) is 6.47. The lowest BCUT2D eigenvalue weighted by Crippen LogP contribution is -2.30. The van der Waals surface area contributed by atoms with Crippen molar-refractivity contribution in [3.05, 3.63) is 46.9 Å². The lowest BCUT2D eigenvalue weighted by Gasteiger charge is -2.17. The lowest BCUT2D eigenvalue weighted by atomic mass is 10.1. The van der Waals surface area contributed by atoms with E-state index in [2.05, 4.69) is 21.5 Å². The average molecular weight is 553 g/mol. The molecule has 206 valence electrons. The summed E-state index contributed by atoms with van der Waals surface area (Å²) in [6, 6.07) is 10.1. The largest absolute Gasteiger partial charge is 0.465 e. The maximum atomic E-state index is 13.2. The minimum absolute atomic E-state index is 0.0936. The van der Waals surface area contributed by atoms with E-state index in [1.165, 1.54) is 16.4 Å². The number of H-pyrrole nitrogens is 1. The number of benzene rings is 1. The molecule has 39 heavy (non-hydrogen) atoms. The number of nitriles is 1. The Balaban J connectivity index is 1.34. The van der Waals surface area contributed by atoms with Crippen LogP contribution in [0.25, 0.3) is 10.9 Å². The Labute approximate surface area is 226 Å². The number of fused-ring (bicyclic) bond motifs is 1. The molecule has 2 aliphatic rings. The molecule has 0 bridgehead atoms. The fourth-order valence-electron chi connectivity index (χ4n) is 4.97. The predicted octanol–water partition coefficient (Wildman–Crippen LogP) is 3.54. The van der Waals surface area contributed by atoms with Crippen molar-refractivity contribution in [1.82, 2.24) is 19.1 Å². The molecule has 3 aromatic rings. The van der Waals surface area contributed by atoms with Gasteiger partial charge in [-0.1, -0.05) is 13.8 Å². The highest BCUT2D eigenvalue weighted by molar-refractivity contribution is 7.89. The molecule has 1 unspecified atom stereocenters. The van der Waals surface area contributed by atoms with E-state index < -0.39 is 15.9 Å². The molecule has 3 heterocycles. The van der Waals surface area contributed by atoms with Crippen molar-refractivity contribution < 1.29 is 17.9 Å². The minimum atomic E-state index is -3.79. The zero-order valence-corrected chi connectivity index (χ0v) is 22.8. The van der Waals surface area contributed by atoms with Crippen molar-refractivity contribution in [2.75, 3.05) is 25.0 Å². The highest BCUT2D eigenvalue weighted by Gasteiger charge is 2.37. The van der Waals surface area contributed by atoms with Crippen LogP contribution in [0.3, 0.4) is 0 Å². The van der Waals surface area contributed by atoms with Crippen LogP contribution >= 0.6 is 0 Å². The Bertz CT molecular complexity index is 1570. The third-order valence-corrected chi connectivity index (χ3v) is 9.09. The van der Waals surface area contributed by atoms with Gasteiger partial charge in [-0.05, 0) is 61.4 Å². The van der Waals surface area contributed by atoms with Crippen molar-refractivity contribution >= 4 is 38.4 Å². The van der Waals surface area contributed by atoms with Crippen molar-refractivity contribution in [2.24, 2.45) is 17.8 Å². The summed E-state index contributed by atoms with van der Waals surface area (Å²) in [7, 11) is -3.79. The molecule has 2 N–H and O–H groups in total. The Hall–Kier alpha value is -3.69. The van der Waals surface area contributed by atoms with Crippen LogP contribution in [0.5, 0.6) is 0 Å². The van der Waals surface area contributed by atoms with Gasteiger partial charge in [-0.15, -0.1) is 0 Å². The number of nitrogens with one attached hydrogen (secondary N) is 2. The molecule has 11 nitrogen and oxygen atoms in total. The first-order valence-electron chi connectivity index (χ1n) is 13.2. The molecule has 1 aliphatic carbocycles. The highest BCUT2D eigenvalue weighted by atomic mass is 32.2. The van der Waals surface area contributed by atoms with Gasteiger partial charge in [0.2, 0.25) is 10.0 Å². The number of rotatable bonds is 10. The van der Waals surface area contributed by atoms with Gasteiger partial charge in [0.05, 0.1) is 41.5 Å². The van der Waals surface area contributed by atoms with Crippen LogP contribution in [0.15, 0.2) is 46.2 Å². The summed E-state index contributed by atoms with van der Waals surface area (Å²) >= 11 is 0. The lowest BCUT2D eigenvalue weighted by molar-refractivity contribution is -0.149. The monoisotopic (exact) mass is 552 g/mol. The zero-order chi connectivity index (χ0) is 27.7. The Kier molecular flexibility index (Phi) is 7.46. The smallest absolute Gasteiger partial charge is 0.310 e. The molecular weight excluding hydrogens is 520 g/mol. The maximum Gasteiger partial charge on any atom is 0.310 e. The Morgan fingerprint density at radius 2 is 1.97 bits per heavy atom. The van der Waals surface area contributed by atoms with Gasteiger partial charge in [-0.3, -0.25) is 14.3 Å². The van der Waals surface area contributed by atoms with Crippen molar-refractivity contribution in [3.8, 4) is 6.07 Å². The van der Waals surface area contributed by atoms with Crippen LogP contribution in [0, 0.1) is 29.1 Å². The standard InChI is InChI=1S/C27H32N6O5S/c1-17(2)16-38-27(35)19-11-14-32(15-19)39(36,37)21-7-5-20(6-8-21)30-25-24-23(10-13-29-26(24)34)33(31-25)22(9-12-28)18-3-4-18/h5-8,10,13,17-19,22H,3-4,9,11,14-16H2,1-2H3,(H,29,34)(H,30,31)/t19?,22-/m0/s1. The first-order chi connectivity index (χ1) is 18.7. The van der Waals surface area contributed by atoms with Gasteiger partial charge in [0, 0.05) is 25.0 Å². The van der Waals surface area contributed by atoms with Gasteiger partial charge in [-0.2, -0.15) is 14.7 Å². The summed E-state index contributed by atoms with van der Waals surface area (Å²) in [5.41, 5.74) is 0.897. The molecule has 2 aromatic heterocycles. The average Bonchev–Trinajstić information content (AvgIpc) is 3.50. The predicted molar refractivity (Wildman–Crippen MR) is 145 cm³/mol. The number of aromatic nitrogens is 3. The van der Waals surface area contributed by atoms with Crippen molar-refractivity contribution in [3.63, 3.8) is 0 Å². The van der Waals surface area contributed by atoms with Gasteiger partial charge in [0.25, 0.3) is 5.56 Å². The number of carbonyl (C=O) groups excluding carboxylic acids is 1. The van der Waals surface area contributed by atoms with E-state index in [1.54, 1.807) is 29.1 Å². The molecule has 1 saturated carbocycles. The van der Waals surface area contributed by atoms with Gasteiger partial charge in [0.1, 0.15) is 5.39 Å². The summed E-state index contributed by atoms with van der Waals surface area (Å²) in [6.07, 6.45) is 4.33. The van der Waals surface area contributed by atoms with E-state index >= 15 is 0 Å². The van der Waals surface area contributed by atoms with E-state index in [0.717, 1.165) is 12.8 Å². The molecule has 5 rings (SSSR count). The first-order valence-corrected chi connectivity index (χ1v) is 14.6. The van der Waals surface area contributed by atoms with Crippen LogP contribution < -0.4 is 10.9 Å². The molecule has 12 heteroatoms. The van der Waals surface area contributed by atoms with Crippen LogP contribution in [-0.4, -0.2) is 53.2 Å². The van der Waals surface area contributed by atoms with Crippen molar-refractivity contribution in [1.29, 1.82) is 5.26 Å². The van der Waals surface area contributed by atoms with Crippen LogP contribution in [0.2, 0.25) is 0 Å². The van der Waals surface area contributed by atoms with E-state index in [0.29, 0.717) is 47.8 Å². The summed E-state index contributed by atoms with van der Waals surface area (Å²) < 4.78 is 34.8. The van der Waals surface area contributed by atoms with E-state index in [9.17, 15) is 23.3 Å². The number of pyridine rings is 1. The topological polar surface area (TPSA) is 150 Å². The summed E-state index contributed by atoms with van der Waals surface area (Å²) in [4.78, 5) is 27.8. The van der Waals surface area contributed by atoms with Gasteiger partial charge < -0.3 is 15.0 Å². The number of nitrogens with zero attached hydrogens (tertiary/aromatic N) is 4. The first kappa shape index (κ1) is 26.9. The van der Waals surface area contributed by atoms with E-state index in [1.807, 2.05) is 13.8 Å². The quantitative estimate of drug-likeness (QED) is 0.363. The number of hydrogen-bond acceptors (Lipinski definition) is 8.